The smallest absolute Gasteiger partial charge is 0.462 e. The van der Waals surface area contributed by atoms with Gasteiger partial charge in [0.2, 0.25) is 0 Å². The lowest BCUT2D eigenvalue weighted by atomic mass is 9.99. The van der Waals surface area contributed by atoms with Crippen LogP contribution in [0.2, 0.25) is 0 Å². The standard InChI is InChI=1S/C88H168O17P2/c1-7-10-12-14-16-18-20-22-27-36-42-48-54-60-66-72-87(92)104-83(76-98-85(90)70-64-58-52-46-40-32-21-19-17-15-13-11-8-2)78-102-106(94,95)100-74-82(89)75-101-107(96,97)103-79-84(77-99-86(91)71-65-59-53-47-41-35-31-30-34-39-45-51-57-63-69-81(6)9-3)105-88(93)73-67-61-55-49-43-37-29-26-24-23-25-28-33-38-44-50-56-62-68-80(4)5/h18,20,22,27,80-84,89H,7-17,19,21,23-26,28-79H2,1-6H3,(H,94,95)(H,96,97)/b20-18-,27-22-/t81?,82-,83+,84+/m0/s1. The van der Waals surface area contributed by atoms with Gasteiger partial charge in [-0.25, -0.2) is 9.13 Å². The van der Waals surface area contributed by atoms with Crippen molar-refractivity contribution in [2.24, 2.45) is 11.8 Å². The molecule has 632 valence electrons. The third kappa shape index (κ3) is 80.0. The van der Waals surface area contributed by atoms with Crippen molar-refractivity contribution in [2.45, 2.75) is 464 Å². The molecule has 3 N–H and O–H groups in total. The summed E-state index contributed by atoms with van der Waals surface area (Å²) in [7, 11) is -9.94. The number of hydrogen-bond acceptors (Lipinski definition) is 15. The first-order valence-corrected chi connectivity index (χ1v) is 47.8. The Morgan fingerprint density at radius 2 is 0.551 bits per heavy atom. The van der Waals surface area contributed by atoms with Crippen LogP contribution in [-0.2, 0) is 65.4 Å². The maximum atomic E-state index is 13.2. The maximum Gasteiger partial charge on any atom is 0.472 e. The van der Waals surface area contributed by atoms with Crippen molar-refractivity contribution in [3.05, 3.63) is 24.3 Å². The molecule has 0 aliphatic rings. The second-order valence-corrected chi connectivity index (χ2v) is 34.6. The lowest BCUT2D eigenvalue weighted by Crippen LogP contribution is -2.30. The van der Waals surface area contributed by atoms with Gasteiger partial charge in [0, 0.05) is 25.7 Å². The molecule has 0 radical (unpaired) electrons. The second kappa shape index (κ2) is 78.8. The summed E-state index contributed by atoms with van der Waals surface area (Å²) in [5, 5.41) is 10.7. The first-order chi connectivity index (χ1) is 51.9. The summed E-state index contributed by atoms with van der Waals surface area (Å²) in [5.74, 6) is -0.461. The van der Waals surface area contributed by atoms with E-state index >= 15 is 0 Å². The number of phosphoric ester groups is 2. The molecule has 0 bridgehead atoms. The number of hydrogen-bond donors (Lipinski definition) is 3. The van der Waals surface area contributed by atoms with E-state index in [9.17, 15) is 43.2 Å². The van der Waals surface area contributed by atoms with Gasteiger partial charge in [0.05, 0.1) is 26.4 Å². The van der Waals surface area contributed by atoms with Crippen LogP contribution in [-0.4, -0.2) is 96.7 Å². The molecule has 0 rings (SSSR count). The molecular weight excluding hydrogens is 1390 g/mol. The van der Waals surface area contributed by atoms with Gasteiger partial charge in [-0.15, -0.1) is 0 Å². The molecule has 0 aromatic heterocycles. The zero-order chi connectivity index (χ0) is 78.5. The first kappa shape index (κ1) is 105. The normalized spacial score (nSPS) is 14.2. The van der Waals surface area contributed by atoms with Crippen LogP contribution in [0.15, 0.2) is 24.3 Å². The highest BCUT2D eigenvalue weighted by Gasteiger charge is 2.30. The van der Waals surface area contributed by atoms with E-state index in [1.807, 2.05) is 0 Å². The van der Waals surface area contributed by atoms with Crippen LogP contribution in [0.25, 0.3) is 0 Å². The van der Waals surface area contributed by atoms with E-state index < -0.39 is 97.5 Å². The molecule has 17 nitrogen and oxygen atoms in total. The fourth-order valence-corrected chi connectivity index (χ4v) is 14.8. The Bertz CT molecular complexity index is 2140. The summed E-state index contributed by atoms with van der Waals surface area (Å²) in [4.78, 5) is 73.3. The number of allylic oxidation sites excluding steroid dienone is 4. The van der Waals surface area contributed by atoms with Gasteiger partial charge in [0.1, 0.15) is 19.3 Å². The minimum absolute atomic E-state index is 0.0857. The zero-order valence-corrected chi connectivity index (χ0v) is 71.7. The van der Waals surface area contributed by atoms with Crippen molar-refractivity contribution in [2.75, 3.05) is 39.6 Å². The average molecular weight is 1560 g/mol. The lowest BCUT2D eigenvalue weighted by molar-refractivity contribution is -0.161. The predicted octanol–water partition coefficient (Wildman–Crippen LogP) is 26.6. The first-order valence-electron chi connectivity index (χ1n) is 44.8. The van der Waals surface area contributed by atoms with Crippen LogP contribution in [0.1, 0.15) is 446 Å². The Kier molecular flexibility index (Phi) is 77.0. The molecule has 0 aromatic rings. The summed E-state index contributed by atoms with van der Waals surface area (Å²) >= 11 is 0. The molecule has 0 aliphatic heterocycles. The van der Waals surface area contributed by atoms with Crippen LogP contribution < -0.4 is 0 Å². The summed E-state index contributed by atoms with van der Waals surface area (Å²) in [6, 6.07) is 0. The van der Waals surface area contributed by atoms with Crippen molar-refractivity contribution < 1.29 is 80.2 Å². The molecule has 0 aliphatic carbocycles. The third-order valence-corrected chi connectivity index (χ3v) is 22.3. The Morgan fingerprint density at radius 3 is 0.841 bits per heavy atom. The van der Waals surface area contributed by atoms with Crippen molar-refractivity contribution in [3.8, 4) is 0 Å². The highest BCUT2D eigenvalue weighted by Crippen LogP contribution is 2.45. The molecule has 107 heavy (non-hydrogen) atoms. The minimum atomic E-state index is -4.97. The summed E-state index contributed by atoms with van der Waals surface area (Å²) in [5.41, 5.74) is 0. The second-order valence-electron chi connectivity index (χ2n) is 31.7. The third-order valence-electron chi connectivity index (χ3n) is 20.4. The van der Waals surface area contributed by atoms with Crippen LogP contribution in [0.4, 0.5) is 0 Å². The summed E-state index contributed by atoms with van der Waals surface area (Å²) in [6.45, 7) is 9.71. The Labute approximate surface area is 656 Å². The number of carbonyl (C=O) groups is 4. The van der Waals surface area contributed by atoms with Crippen LogP contribution in [0, 0.1) is 11.8 Å². The van der Waals surface area contributed by atoms with Crippen molar-refractivity contribution in [1.29, 1.82) is 0 Å². The van der Waals surface area contributed by atoms with Gasteiger partial charge in [-0.05, 0) is 63.2 Å². The number of aliphatic hydroxyl groups excluding tert-OH is 1. The quantitative estimate of drug-likeness (QED) is 0.0169. The molecule has 0 saturated carbocycles. The maximum absolute atomic E-state index is 13.2. The number of unbranched alkanes of at least 4 members (excludes halogenated alkanes) is 51. The van der Waals surface area contributed by atoms with Crippen molar-refractivity contribution in [3.63, 3.8) is 0 Å². The monoisotopic (exact) mass is 1560 g/mol. The van der Waals surface area contributed by atoms with E-state index in [1.165, 1.54) is 250 Å². The van der Waals surface area contributed by atoms with Crippen molar-refractivity contribution in [1.82, 2.24) is 0 Å². The SMILES string of the molecule is CCCCCC/C=C\C=C/CCCCCCCC(=O)O[C@H](COC(=O)CCCCCCCCCCCCCCC)COP(=O)(O)OC[C@H](O)COP(=O)(O)OC[C@@H](COC(=O)CCCCCCCCCCCCCCCCC(C)CC)OC(=O)CCCCCCCCCCCCCCCCCCCCC(C)C. The Hall–Kier alpha value is -2.46. The molecule has 0 amide bonds. The van der Waals surface area contributed by atoms with Gasteiger partial charge in [-0.3, -0.25) is 37.3 Å². The highest BCUT2D eigenvalue weighted by atomic mass is 31.2. The Morgan fingerprint density at radius 1 is 0.308 bits per heavy atom. The molecule has 0 saturated heterocycles. The fourth-order valence-electron chi connectivity index (χ4n) is 13.2. The summed E-state index contributed by atoms with van der Waals surface area (Å²) < 4.78 is 68.9. The molecule has 6 atom stereocenters. The molecular formula is C88H168O17P2. The van der Waals surface area contributed by atoms with Crippen LogP contribution in [0.3, 0.4) is 0 Å². The summed E-state index contributed by atoms with van der Waals surface area (Å²) in [6.07, 6.45) is 74.2. The van der Waals surface area contributed by atoms with E-state index in [4.69, 9.17) is 37.0 Å². The van der Waals surface area contributed by atoms with Gasteiger partial charge in [-0.1, -0.05) is 393 Å². The molecule has 0 aromatic carbocycles. The van der Waals surface area contributed by atoms with E-state index in [1.54, 1.807) is 0 Å². The number of ether oxygens (including phenoxy) is 4. The lowest BCUT2D eigenvalue weighted by Gasteiger charge is -2.21. The fraction of sp³-hybridized carbons (Fsp3) is 0.909. The van der Waals surface area contributed by atoms with Crippen LogP contribution >= 0.6 is 15.6 Å². The molecule has 3 unspecified atom stereocenters. The van der Waals surface area contributed by atoms with Gasteiger partial charge < -0.3 is 33.8 Å². The Balaban J connectivity index is 5.29. The number of phosphoric acid groups is 2. The number of rotatable bonds is 85. The number of aliphatic hydroxyl groups is 1. The minimum Gasteiger partial charge on any atom is -0.462 e. The molecule has 0 spiro atoms. The largest absolute Gasteiger partial charge is 0.472 e. The zero-order valence-electron chi connectivity index (χ0n) is 69.9. The predicted molar refractivity (Wildman–Crippen MR) is 441 cm³/mol. The average Bonchev–Trinajstić information content (AvgIpc) is 0.898. The van der Waals surface area contributed by atoms with Crippen LogP contribution in [0.5, 0.6) is 0 Å². The molecule has 19 heteroatoms. The van der Waals surface area contributed by atoms with Crippen molar-refractivity contribution >= 4 is 39.5 Å². The highest BCUT2D eigenvalue weighted by molar-refractivity contribution is 7.47. The van der Waals surface area contributed by atoms with E-state index in [-0.39, 0.29) is 25.7 Å². The van der Waals surface area contributed by atoms with E-state index in [0.29, 0.717) is 25.7 Å². The molecule has 0 fully saturated rings. The number of esters is 4. The van der Waals surface area contributed by atoms with Gasteiger partial charge in [-0.2, -0.15) is 0 Å². The van der Waals surface area contributed by atoms with E-state index in [0.717, 1.165) is 115 Å². The van der Waals surface area contributed by atoms with Gasteiger partial charge in [0.25, 0.3) is 0 Å². The molecule has 0 heterocycles. The van der Waals surface area contributed by atoms with Gasteiger partial charge >= 0.3 is 39.5 Å². The topological polar surface area (TPSA) is 237 Å². The van der Waals surface area contributed by atoms with Gasteiger partial charge in [0.15, 0.2) is 12.2 Å². The number of carbonyl (C=O) groups excluding carboxylic acids is 4. The van der Waals surface area contributed by atoms with E-state index in [2.05, 4.69) is 65.8 Å².